The molecule has 1 aliphatic heterocycles. The number of hydrogen-bond acceptors (Lipinski definition) is 7. The third-order valence-corrected chi connectivity index (χ3v) is 5.75. The van der Waals surface area contributed by atoms with Gasteiger partial charge in [0.1, 0.15) is 11.9 Å². The molecule has 0 bridgehead atoms. The summed E-state index contributed by atoms with van der Waals surface area (Å²) in [5.41, 5.74) is 1.29. The number of halogens is 3. The van der Waals surface area contributed by atoms with E-state index in [1.165, 1.54) is 18.3 Å². The van der Waals surface area contributed by atoms with Crippen molar-refractivity contribution in [3.05, 3.63) is 60.9 Å². The average Bonchev–Trinajstić information content (AvgIpc) is 3.27. The summed E-state index contributed by atoms with van der Waals surface area (Å²) in [6.45, 7) is 1.69. The minimum absolute atomic E-state index is 0.0105. The zero-order valence-corrected chi connectivity index (χ0v) is 18.9. The number of fused-ring (bicyclic) bond motifs is 1. The van der Waals surface area contributed by atoms with Crippen molar-refractivity contribution in [2.45, 2.75) is 25.2 Å². The predicted molar refractivity (Wildman–Crippen MR) is 124 cm³/mol. The number of pyridine rings is 1. The Morgan fingerprint density at radius 1 is 1.03 bits per heavy atom. The summed E-state index contributed by atoms with van der Waals surface area (Å²) in [5, 5.41) is 7.83. The van der Waals surface area contributed by atoms with Gasteiger partial charge in [0.15, 0.2) is 23.0 Å². The minimum Gasteiger partial charge on any atom is -0.493 e. The summed E-state index contributed by atoms with van der Waals surface area (Å²) in [5.74, 6) is 0.467. The third kappa shape index (κ3) is 4.59. The Labute approximate surface area is 199 Å². The Kier molecular flexibility index (Phi) is 6.16. The highest BCUT2D eigenvalue weighted by Crippen LogP contribution is 2.40. The van der Waals surface area contributed by atoms with Crippen LogP contribution in [-0.4, -0.2) is 52.2 Å². The maximum atomic E-state index is 14.1. The lowest BCUT2D eigenvalue weighted by atomic mass is 10.1. The molecule has 8 nitrogen and oxygen atoms in total. The quantitative estimate of drug-likeness (QED) is 0.401. The number of nitrogens with zero attached hydrogens (tertiary/aromatic N) is 5. The van der Waals surface area contributed by atoms with E-state index in [9.17, 15) is 13.2 Å². The van der Waals surface area contributed by atoms with Crippen molar-refractivity contribution in [1.82, 2.24) is 24.9 Å². The Hall–Kier alpha value is -3.86. The Morgan fingerprint density at radius 3 is 2.57 bits per heavy atom. The van der Waals surface area contributed by atoms with Gasteiger partial charge < -0.3 is 14.8 Å². The second-order valence-electron chi connectivity index (χ2n) is 8.00. The van der Waals surface area contributed by atoms with E-state index >= 15 is 0 Å². The SMILES string of the molecule is COc1cccc(-c2ccc3ncc(N(c4ccccn4)C(F)(F)F)n3n2)c1OC1CCNCC1. The number of hydrogen-bond donors (Lipinski definition) is 1. The molecular weight excluding hydrogens is 461 g/mol. The average molecular weight is 484 g/mol. The van der Waals surface area contributed by atoms with Crippen LogP contribution in [0.5, 0.6) is 11.5 Å². The lowest BCUT2D eigenvalue weighted by Crippen LogP contribution is -2.35. The Bertz CT molecular complexity index is 1310. The summed E-state index contributed by atoms with van der Waals surface area (Å²) < 4.78 is 55.4. The van der Waals surface area contributed by atoms with Gasteiger partial charge >= 0.3 is 6.30 Å². The van der Waals surface area contributed by atoms with Crippen LogP contribution in [0.1, 0.15) is 12.8 Å². The molecule has 4 aromatic rings. The number of nitrogens with one attached hydrogen (secondary N) is 1. The van der Waals surface area contributed by atoms with Gasteiger partial charge in [0.25, 0.3) is 0 Å². The fourth-order valence-electron chi connectivity index (χ4n) is 4.10. The van der Waals surface area contributed by atoms with Crippen LogP contribution in [0.2, 0.25) is 0 Å². The highest BCUT2D eigenvalue weighted by atomic mass is 19.4. The molecule has 5 rings (SSSR count). The van der Waals surface area contributed by atoms with Crippen LogP contribution in [0.3, 0.4) is 0 Å². The van der Waals surface area contributed by atoms with Gasteiger partial charge in [0.2, 0.25) is 0 Å². The van der Waals surface area contributed by atoms with Gasteiger partial charge in [0, 0.05) is 11.8 Å². The first-order valence-corrected chi connectivity index (χ1v) is 11.1. The van der Waals surface area contributed by atoms with Gasteiger partial charge in [-0.1, -0.05) is 12.1 Å². The molecule has 182 valence electrons. The molecule has 1 aromatic carbocycles. The van der Waals surface area contributed by atoms with Crippen molar-refractivity contribution < 1.29 is 22.6 Å². The van der Waals surface area contributed by atoms with E-state index in [-0.39, 0.29) is 28.3 Å². The van der Waals surface area contributed by atoms with Gasteiger partial charge in [-0.05, 0) is 62.3 Å². The molecule has 0 spiro atoms. The highest BCUT2D eigenvalue weighted by molar-refractivity contribution is 5.72. The number of alkyl halides is 3. The van der Waals surface area contributed by atoms with Crippen LogP contribution >= 0.6 is 0 Å². The molecule has 0 unspecified atom stereocenters. The monoisotopic (exact) mass is 484 g/mol. The summed E-state index contributed by atoms with van der Waals surface area (Å²) >= 11 is 0. The second kappa shape index (κ2) is 9.41. The minimum atomic E-state index is -4.75. The molecule has 35 heavy (non-hydrogen) atoms. The van der Waals surface area contributed by atoms with Crippen molar-refractivity contribution in [3.8, 4) is 22.8 Å². The zero-order chi connectivity index (χ0) is 24.4. The first-order chi connectivity index (χ1) is 17.0. The smallest absolute Gasteiger partial charge is 0.491 e. The van der Waals surface area contributed by atoms with E-state index in [0.717, 1.165) is 36.6 Å². The molecule has 4 heterocycles. The van der Waals surface area contributed by atoms with E-state index < -0.39 is 6.30 Å². The van der Waals surface area contributed by atoms with Crippen LogP contribution in [0.25, 0.3) is 16.9 Å². The number of para-hydroxylation sites is 1. The molecule has 3 aromatic heterocycles. The largest absolute Gasteiger partial charge is 0.493 e. The van der Waals surface area contributed by atoms with E-state index in [2.05, 4.69) is 20.4 Å². The van der Waals surface area contributed by atoms with Crippen molar-refractivity contribution in [2.75, 3.05) is 25.1 Å². The molecule has 1 saturated heterocycles. The first-order valence-electron chi connectivity index (χ1n) is 11.1. The van der Waals surface area contributed by atoms with Crippen LogP contribution in [0.15, 0.2) is 60.9 Å². The molecule has 1 N–H and O–H groups in total. The lowest BCUT2D eigenvalue weighted by Gasteiger charge is -2.26. The third-order valence-electron chi connectivity index (χ3n) is 5.75. The van der Waals surface area contributed by atoms with Gasteiger partial charge in [-0.3, -0.25) is 0 Å². The molecule has 0 saturated carbocycles. The number of imidazole rings is 1. The van der Waals surface area contributed by atoms with Gasteiger partial charge in [-0.2, -0.15) is 9.61 Å². The molecule has 0 aliphatic carbocycles. The highest BCUT2D eigenvalue weighted by Gasteiger charge is 2.41. The molecule has 11 heteroatoms. The second-order valence-corrected chi connectivity index (χ2v) is 8.00. The van der Waals surface area contributed by atoms with Crippen molar-refractivity contribution in [2.24, 2.45) is 0 Å². The number of ether oxygens (including phenoxy) is 2. The molecule has 1 aliphatic rings. The summed E-state index contributed by atoms with van der Waals surface area (Å²) in [6.07, 6.45) is -0.658. The number of piperidine rings is 1. The Morgan fingerprint density at radius 2 is 1.86 bits per heavy atom. The number of aromatic nitrogens is 4. The maximum absolute atomic E-state index is 14.1. The van der Waals surface area contributed by atoms with Crippen LogP contribution in [0, 0.1) is 0 Å². The van der Waals surface area contributed by atoms with Crippen LogP contribution < -0.4 is 19.7 Å². The number of anilines is 2. The zero-order valence-electron chi connectivity index (χ0n) is 18.9. The molecule has 0 radical (unpaired) electrons. The van der Waals surface area contributed by atoms with Crippen molar-refractivity contribution >= 4 is 17.3 Å². The molecular formula is C24H23F3N6O2. The van der Waals surface area contributed by atoms with E-state index in [1.807, 2.05) is 6.07 Å². The van der Waals surface area contributed by atoms with Crippen LogP contribution in [0.4, 0.5) is 24.8 Å². The summed E-state index contributed by atoms with van der Waals surface area (Å²) in [6, 6.07) is 13.0. The first kappa shape index (κ1) is 22.9. The van der Waals surface area contributed by atoms with Crippen molar-refractivity contribution in [3.63, 3.8) is 0 Å². The fraction of sp³-hybridized carbons (Fsp3) is 0.292. The predicted octanol–water partition coefficient (Wildman–Crippen LogP) is 4.59. The van der Waals surface area contributed by atoms with E-state index in [4.69, 9.17) is 9.47 Å². The standard InChI is InChI=1S/C24H23F3N6O2/c1-34-19-6-4-5-17(23(19)35-16-10-13-28-14-11-16)18-8-9-21-30-15-22(33(21)31-18)32(24(25,26)27)20-7-2-3-12-29-20/h2-9,12,15-16,28H,10-11,13-14H2,1H3. The Balaban J connectivity index is 1.61. The number of rotatable bonds is 6. The van der Waals surface area contributed by atoms with Gasteiger partial charge in [-0.15, -0.1) is 13.2 Å². The van der Waals surface area contributed by atoms with Gasteiger partial charge in [0.05, 0.1) is 19.0 Å². The molecule has 1 fully saturated rings. The maximum Gasteiger partial charge on any atom is 0.491 e. The number of benzene rings is 1. The summed E-state index contributed by atoms with van der Waals surface area (Å²) in [7, 11) is 1.55. The normalized spacial score (nSPS) is 14.7. The van der Waals surface area contributed by atoms with Crippen molar-refractivity contribution in [1.29, 1.82) is 0 Å². The number of methoxy groups -OCH3 is 1. The molecule has 0 atom stereocenters. The van der Waals surface area contributed by atoms with E-state index in [1.54, 1.807) is 37.4 Å². The topological polar surface area (TPSA) is 76.8 Å². The van der Waals surface area contributed by atoms with Crippen LogP contribution in [-0.2, 0) is 0 Å². The fourth-order valence-corrected chi connectivity index (χ4v) is 4.10. The van der Waals surface area contributed by atoms with E-state index in [0.29, 0.717) is 22.8 Å². The lowest BCUT2D eigenvalue weighted by molar-refractivity contribution is -0.121. The summed E-state index contributed by atoms with van der Waals surface area (Å²) in [4.78, 5) is 8.17. The molecule has 0 amide bonds. The van der Waals surface area contributed by atoms with Gasteiger partial charge in [-0.25, -0.2) is 14.9 Å².